The highest BCUT2D eigenvalue weighted by Gasteiger charge is 2.37. The molecule has 4 nitrogen and oxygen atoms in total. The van der Waals surface area contributed by atoms with Crippen molar-refractivity contribution in [1.29, 1.82) is 0 Å². The molecule has 4 aromatic rings. The lowest BCUT2D eigenvalue weighted by Gasteiger charge is -2.35. The maximum atomic E-state index is 13.2. The SMILES string of the molecule is O=C(Nc1ccc(F)cc1)NC(Cc1ccccc1)(c1ccccc1)c1ccccn1. The van der Waals surface area contributed by atoms with Crippen LogP contribution in [-0.4, -0.2) is 11.0 Å². The number of urea groups is 1. The highest BCUT2D eigenvalue weighted by atomic mass is 19.1. The van der Waals surface area contributed by atoms with Crippen molar-refractivity contribution in [2.75, 3.05) is 5.32 Å². The van der Waals surface area contributed by atoms with Gasteiger partial charge in [-0.05, 0) is 47.5 Å². The average molecular weight is 411 g/mol. The van der Waals surface area contributed by atoms with Gasteiger partial charge in [0.25, 0.3) is 0 Å². The summed E-state index contributed by atoms with van der Waals surface area (Å²) in [5.74, 6) is -0.359. The van der Waals surface area contributed by atoms with Gasteiger partial charge in [-0.2, -0.15) is 0 Å². The molecule has 0 aliphatic heterocycles. The molecule has 0 radical (unpaired) electrons. The number of carbonyl (C=O) groups excluding carboxylic acids is 1. The van der Waals surface area contributed by atoms with Crippen LogP contribution in [0.3, 0.4) is 0 Å². The van der Waals surface area contributed by atoms with Crippen LogP contribution in [0.1, 0.15) is 16.8 Å². The summed E-state index contributed by atoms with van der Waals surface area (Å²) in [5, 5.41) is 5.97. The largest absolute Gasteiger partial charge is 0.322 e. The molecule has 1 atom stereocenters. The summed E-state index contributed by atoms with van der Waals surface area (Å²) < 4.78 is 13.2. The van der Waals surface area contributed by atoms with Gasteiger partial charge in [0.15, 0.2) is 0 Å². The van der Waals surface area contributed by atoms with Crippen LogP contribution in [-0.2, 0) is 12.0 Å². The number of anilines is 1. The van der Waals surface area contributed by atoms with Crippen LogP contribution in [0, 0.1) is 5.82 Å². The van der Waals surface area contributed by atoms with Crippen molar-refractivity contribution in [3.05, 3.63) is 132 Å². The minimum atomic E-state index is -0.909. The lowest BCUT2D eigenvalue weighted by atomic mass is 9.80. The van der Waals surface area contributed by atoms with E-state index in [0.29, 0.717) is 12.1 Å². The Hall–Kier alpha value is -3.99. The summed E-state index contributed by atoms with van der Waals surface area (Å²) in [6.45, 7) is 0. The van der Waals surface area contributed by atoms with Crippen molar-refractivity contribution in [2.45, 2.75) is 12.0 Å². The molecule has 1 heterocycles. The van der Waals surface area contributed by atoms with E-state index in [2.05, 4.69) is 15.6 Å². The Bertz CT molecular complexity index is 1080. The van der Waals surface area contributed by atoms with E-state index in [1.54, 1.807) is 6.20 Å². The molecule has 3 aromatic carbocycles. The van der Waals surface area contributed by atoms with Gasteiger partial charge in [-0.1, -0.05) is 66.7 Å². The summed E-state index contributed by atoms with van der Waals surface area (Å²) in [6.07, 6.45) is 2.23. The molecule has 0 bridgehead atoms. The molecule has 2 amide bonds. The van der Waals surface area contributed by atoms with Gasteiger partial charge in [0.2, 0.25) is 0 Å². The summed E-state index contributed by atoms with van der Waals surface area (Å²) in [5.41, 5.74) is 2.28. The number of rotatable bonds is 6. The van der Waals surface area contributed by atoms with E-state index in [1.165, 1.54) is 24.3 Å². The van der Waals surface area contributed by atoms with Gasteiger partial charge in [0, 0.05) is 18.3 Å². The molecule has 154 valence electrons. The molecular formula is C26H22FN3O. The summed E-state index contributed by atoms with van der Waals surface area (Å²) >= 11 is 0. The number of hydrogen-bond acceptors (Lipinski definition) is 2. The maximum Gasteiger partial charge on any atom is 0.320 e. The number of halogens is 1. The van der Waals surface area contributed by atoms with E-state index in [0.717, 1.165) is 16.8 Å². The Morgan fingerprint density at radius 3 is 2.10 bits per heavy atom. The molecule has 0 spiro atoms. The van der Waals surface area contributed by atoms with E-state index in [9.17, 15) is 9.18 Å². The second-order valence-corrected chi connectivity index (χ2v) is 7.23. The molecule has 31 heavy (non-hydrogen) atoms. The predicted octanol–water partition coefficient (Wildman–Crippen LogP) is 5.53. The third kappa shape index (κ3) is 4.78. The zero-order chi connectivity index (χ0) is 21.5. The second-order valence-electron chi connectivity index (χ2n) is 7.23. The topological polar surface area (TPSA) is 54.0 Å². The van der Waals surface area contributed by atoms with Gasteiger partial charge in [0.05, 0.1) is 5.69 Å². The lowest BCUT2D eigenvalue weighted by molar-refractivity contribution is 0.241. The first-order valence-corrected chi connectivity index (χ1v) is 10.0. The van der Waals surface area contributed by atoms with Gasteiger partial charge in [-0.25, -0.2) is 9.18 Å². The maximum absolute atomic E-state index is 13.2. The van der Waals surface area contributed by atoms with E-state index < -0.39 is 11.6 Å². The number of nitrogens with one attached hydrogen (secondary N) is 2. The fraction of sp³-hybridized carbons (Fsp3) is 0.0769. The summed E-state index contributed by atoms with van der Waals surface area (Å²) in [4.78, 5) is 17.7. The molecule has 4 rings (SSSR count). The zero-order valence-corrected chi connectivity index (χ0v) is 16.8. The van der Waals surface area contributed by atoms with Crippen LogP contribution < -0.4 is 10.6 Å². The number of benzene rings is 3. The van der Waals surface area contributed by atoms with Crippen LogP contribution >= 0.6 is 0 Å². The quantitative estimate of drug-likeness (QED) is 0.438. The van der Waals surface area contributed by atoms with Crippen molar-refractivity contribution < 1.29 is 9.18 Å². The highest BCUT2D eigenvalue weighted by molar-refractivity contribution is 5.90. The fourth-order valence-electron chi connectivity index (χ4n) is 3.65. The van der Waals surface area contributed by atoms with E-state index in [1.807, 2.05) is 78.9 Å². The number of amides is 2. The van der Waals surface area contributed by atoms with Crippen molar-refractivity contribution in [2.24, 2.45) is 0 Å². The molecule has 1 unspecified atom stereocenters. The molecular weight excluding hydrogens is 389 g/mol. The molecule has 5 heteroatoms. The zero-order valence-electron chi connectivity index (χ0n) is 16.8. The van der Waals surface area contributed by atoms with Crippen LogP contribution in [0.25, 0.3) is 0 Å². The first-order valence-electron chi connectivity index (χ1n) is 10.0. The standard InChI is InChI=1S/C26H22FN3O/c27-22-14-16-23(17-15-22)29-25(31)30-26(21-11-5-2-6-12-21,24-13-7-8-18-28-24)19-20-9-3-1-4-10-20/h1-18H,19H2,(H2,29,30,31). The lowest BCUT2D eigenvalue weighted by Crippen LogP contribution is -2.50. The smallest absolute Gasteiger partial charge is 0.320 e. The van der Waals surface area contributed by atoms with Gasteiger partial charge in [0.1, 0.15) is 11.4 Å². The Kier molecular flexibility index (Phi) is 6.03. The molecule has 2 N–H and O–H groups in total. The molecule has 1 aromatic heterocycles. The Labute approximate surface area is 180 Å². The predicted molar refractivity (Wildman–Crippen MR) is 120 cm³/mol. The Balaban J connectivity index is 1.76. The minimum absolute atomic E-state index is 0.359. The highest BCUT2D eigenvalue weighted by Crippen LogP contribution is 2.32. The summed E-state index contributed by atoms with van der Waals surface area (Å²) in [7, 11) is 0. The number of aromatic nitrogens is 1. The number of nitrogens with zero attached hydrogens (tertiary/aromatic N) is 1. The molecule has 0 saturated carbocycles. The first-order chi connectivity index (χ1) is 15.2. The number of hydrogen-bond donors (Lipinski definition) is 2. The third-order valence-electron chi connectivity index (χ3n) is 5.11. The van der Waals surface area contributed by atoms with Crippen LogP contribution in [0.2, 0.25) is 0 Å². The summed E-state index contributed by atoms with van der Waals surface area (Å²) in [6, 6.07) is 30.7. The van der Waals surface area contributed by atoms with Crippen LogP contribution in [0.15, 0.2) is 109 Å². The van der Waals surface area contributed by atoms with Crippen molar-refractivity contribution >= 4 is 11.7 Å². The third-order valence-corrected chi connectivity index (χ3v) is 5.11. The molecule has 0 aliphatic carbocycles. The average Bonchev–Trinajstić information content (AvgIpc) is 2.82. The van der Waals surface area contributed by atoms with Gasteiger partial charge < -0.3 is 10.6 Å². The molecule has 0 fully saturated rings. The van der Waals surface area contributed by atoms with Crippen LogP contribution in [0.5, 0.6) is 0 Å². The van der Waals surface area contributed by atoms with Crippen molar-refractivity contribution in [3.8, 4) is 0 Å². The fourth-order valence-corrected chi connectivity index (χ4v) is 3.65. The molecule has 0 saturated heterocycles. The van der Waals surface area contributed by atoms with E-state index in [-0.39, 0.29) is 5.82 Å². The van der Waals surface area contributed by atoms with Crippen molar-refractivity contribution in [3.63, 3.8) is 0 Å². The van der Waals surface area contributed by atoms with Crippen LogP contribution in [0.4, 0.5) is 14.9 Å². The normalized spacial score (nSPS) is 12.5. The number of pyridine rings is 1. The van der Waals surface area contributed by atoms with E-state index >= 15 is 0 Å². The van der Waals surface area contributed by atoms with Gasteiger partial charge >= 0.3 is 6.03 Å². The van der Waals surface area contributed by atoms with Crippen molar-refractivity contribution in [1.82, 2.24) is 10.3 Å². The van der Waals surface area contributed by atoms with Gasteiger partial charge in [-0.15, -0.1) is 0 Å². The monoisotopic (exact) mass is 411 g/mol. The van der Waals surface area contributed by atoms with Gasteiger partial charge in [-0.3, -0.25) is 4.98 Å². The first kappa shape index (κ1) is 20.3. The Morgan fingerprint density at radius 2 is 1.45 bits per heavy atom. The second kappa shape index (κ2) is 9.22. The minimum Gasteiger partial charge on any atom is -0.322 e. The van der Waals surface area contributed by atoms with E-state index in [4.69, 9.17) is 0 Å². The number of carbonyl (C=O) groups is 1. The molecule has 0 aliphatic rings. The Morgan fingerprint density at radius 1 is 0.806 bits per heavy atom.